The van der Waals surface area contributed by atoms with Gasteiger partial charge in [0.1, 0.15) is 0 Å². The van der Waals surface area contributed by atoms with E-state index >= 15 is 0 Å². The second-order valence-electron chi connectivity index (χ2n) is 4.67. The molecule has 0 unspecified atom stereocenters. The van der Waals surface area contributed by atoms with Crippen molar-refractivity contribution in [3.8, 4) is 0 Å². The predicted molar refractivity (Wildman–Crippen MR) is 56.2 cm³/mol. The molecule has 0 aliphatic heterocycles. The van der Waals surface area contributed by atoms with E-state index in [1.54, 1.807) is 0 Å². The van der Waals surface area contributed by atoms with Crippen molar-refractivity contribution < 1.29 is 14.6 Å². The van der Waals surface area contributed by atoms with E-state index in [1.807, 2.05) is 6.08 Å². The summed E-state index contributed by atoms with van der Waals surface area (Å²) in [6.45, 7) is 0. The molecule has 0 amide bonds. The fraction of sp³-hybridized carbons (Fsp3) is 0.750. The summed E-state index contributed by atoms with van der Waals surface area (Å²) in [5, 5.41) is 9.92. The standard InChI is InChI=1S/C12H18O3/c1-15-11(14)9-4-7-12(8-5-9)6-2-3-10(12)13/h4,7,9-10,13H,2-3,5-6,8H2,1H3/t9-,10-,12+/m1/s1. The fourth-order valence-corrected chi connectivity index (χ4v) is 2.82. The lowest BCUT2D eigenvalue weighted by atomic mass is 9.73. The Morgan fingerprint density at radius 2 is 2.27 bits per heavy atom. The molecule has 3 nitrogen and oxygen atoms in total. The fourth-order valence-electron chi connectivity index (χ4n) is 2.82. The quantitative estimate of drug-likeness (QED) is 0.529. The molecule has 1 fully saturated rings. The molecule has 2 aliphatic rings. The van der Waals surface area contributed by atoms with Gasteiger partial charge in [-0.25, -0.2) is 0 Å². The molecular weight excluding hydrogens is 192 g/mol. The molecular formula is C12H18O3. The number of ether oxygens (including phenoxy) is 1. The molecule has 0 aromatic carbocycles. The first kappa shape index (κ1) is 10.7. The number of carbonyl (C=O) groups is 1. The van der Waals surface area contributed by atoms with Crippen LogP contribution in [-0.2, 0) is 9.53 Å². The van der Waals surface area contributed by atoms with Crippen molar-refractivity contribution >= 4 is 5.97 Å². The molecule has 2 rings (SSSR count). The highest BCUT2D eigenvalue weighted by molar-refractivity contribution is 5.74. The Morgan fingerprint density at radius 3 is 2.73 bits per heavy atom. The summed E-state index contributed by atoms with van der Waals surface area (Å²) in [5.74, 6) is -0.262. The van der Waals surface area contributed by atoms with Gasteiger partial charge in [0.25, 0.3) is 0 Å². The van der Waals surface area contributed by atoms with Crippen molar-refractivity contribution in [2.75, 3.05) is 7.11 Å². The van der Waals surface area contributed by atoms with Gasteiger partial charge in [-0.05, 0) is 32.1 Å². The number of hydrogen-bond acceptors (Lipinski definition) is 3. The largest absolute Gasteiger partial charge is 0.469 e. The summed E-state index contributed by atoms with van der Waals surface area (Å²) in [7, 11) is 1.42. The Kier molecular flexibility index (Phi) is 2.83. The lowest BCUT2D eigenvalue weighted by molar-refractivity contribution is -0.144. The molecule has 3 heteroatoms. The molecule has 2 aliphatic carbocycles. The van der Waals surface area contributed by atoms with Gasteiger partial charge >= 0.3 is 5.97 Å². The number of carbonyl (C=O) groups excluding carboxylic acids is 1. The van der Waals surface area contributed by atoms with Crippen LogP contribution in [0.2, 0.25) is 0 Å². The molecule has 1 spiro atoms. The number of rotatable bonds is 1. The Balaban J connectivity index is 2.08. The Labute approximate surface area is 90.1 Å². The normalized spacial score (nSPS) is 39.6. The molecule has 1 saturated carbocycles. The first-order chi connectivity index (χ1) is 7.18. The van der Waals surface area contributed by atoms with Crippen LogP contribution < -0.4 is 0 Å². The molecule has 3 atom stereocenters. The van der Waals surface area contributed by atoms with Crippen LogP contribution in [0.1, 0.15) is 32.1 Å². The third-order valence-electron chi connectivity index (χ3n) is 3.87. The summed E-state index contributed by atoms with van der Waals surface area (Å²) < 4.78 is 4.71. The van der Waals surface area contributed by atoms with Crippen LogP contribution in [0.5, 0.6) is 0 Å². The maximum Gasteiger partial charge on any atom is 0.312 e. The molecule has 0 aromatic rings. The van der Waals surface area contributed by atoms with E-state index < -0.39 is 0 Å². The van der Waals surface area contributed by atoms with Gasteiger partial charge in [-0.2, -0.15) is 0 Å². The van der Waals surface area contributed by atoms with E-state index in [1.165, 1.54) is 7.11 Å². The molecule has 0 bridgehead atoms. The molecule has 1 N–H and O–H groups in total. The maximum absolute atomic E-state index is 11.3. The second kappa shape index (κ2) is 3.97. The summed E-state index contributed by atoms with van der Waals surface area (Å²) in [4.78, 5) is 11.3. The van der Waals surface area contributed by atoms with Crippen molar-refractivity contribution in [2.24, 2.45) is 11.3 Å². The minimum Gasteiger partial charge on any atom is -0.469 e. The van der Waals surface area contributed by atoms with E-state index in [4.69, 9.17) is 4.74 Å². The molecule has 15 heavy (non-hydrogen) atoms. The minimum absolute atomic E-state index is 0.0372. The Hall–Kier alpha value is -0.830. The Morgan fingerprint density at radius 1 is 1.47 bits per heavy atom. The van der Waals surface area contributed by atoms with E-state index in [0.717, 1.165) is 32.1 Å². The smallest absolute Gasteiger partial charge is 0.312 e. The van der Waals surface area contributed by atoms with Crippen molar-refractivity contribution in [1.29, 1.82) is 0 Å². The van der Waals surface area contributed by atoms with E-state index in [9.17, 15) is 9.90 Å². The lowest BCUT2D eigenvalue weighted by Crippen LogP contribution is -2.32. The number of hydrogen-bond donors (Lipinski definition) is 1. The Bertz CT molecular complexity index is 285. The van der Waals surface area contributed by atoms with Crippen LogP contribution in [0, 0.1) is 11.3 Å². The highest BCUT2D eigenvalue weighted by Crippen LogP contribution is 2.46. The van der Waals surface area contributed by atoms with Crippen LogP contribution in [0.4, 0.5) is 0 Å². The third-order valence-corrected chi connectivity index (χ3v) is 3.87. The highest BCUT2D eigenvalue weighted by Gasteiger charge is 2.42. The van der Waals surface area contributed by atoms with Crippen LogP contribution in [-0.4, -0.2) is 24.3 Å². The highest BCUT2D eigenvalue weighted by atomic mass is 16.5. The van der Waals surface area contributed by atoms with Crippen LogP contribution in [0.25, 0.3) is 0 Å². The van der Waals surface area contributed by atoms with Gasteiger partial charge in [0.05, 0.1) is 19.1 Å². The summed E-state index contributed by atoms with van der Waals surface area (Å²) in [5.41, 5.74) is -0.0372. The number of aliphatic hydroxyl groups is 1. The van der Waals surface area contributed by atoms with E-state index in [-0.39, 0.29) is 23.4 Å². The average Bonchev–Trinajstić information content (AvgIpc) is 2.61. The number of methoxy groups -OCH3 is 1. The summed E-state index contributed by atoms with van der Waals surface area (Å²) >= 11 is 0. The van der Waals surface area contributed by atoms with Gasteiger partial charge in [0.15, 0.2) is 0 Å². The summed E-state index contributed by atoms with van der Waals surface area (Å²) in [6.07, 6.45) is 8.51. The molecule has 0 saturated heterocycles. The molecule has 0 aromatic heterocycles. The van der Waals surface area contributed by atoms with Gasteiger partial charge in [0, 0.05) is 5.41 Å². The third kappa shape index (κ3) is 1.81. The zero-order chi connectivity index (χ0) is 10.9. The number of esters is 1. The topological polar surface area (TPSA) is 46.5 Å². The zero-order valence-corrected chi connectivity index (χ0v) is 9.11. The van der Waals surface area contributed by atoms with Crippen molar-refractivity contribution in [2.45, 2.75) is 38.2 Å². The van der Waals surface area contributed by atoms with Gasteiger partial charge < -0.3 is 9.84 Å². The lowest BCUT2D eigenvalue weighted by Gasteiger charge is -2.34. The van der Waals surface area contributed by atoms with Crippen molar-refractivity contribution in [3.05, 3.63) is 12.2 Å². The minimum atomic E-state index is -0.215. The van der Waals surface area contributed by atoms with Gasteiger partial charge in [-0.1, -0.05) is 12.2 Å². The maximum atomic E-state index is 11.3. The zero-order valence-electron chi connectivity index (χ0n) is 9.11. The SMILES string of the molecule is COC(=O)[C@@H]1C=C[C@@]2(CCC[C@H]2O)CC1. The monoisotopic (exact) mass is 210 g/mol. The van der Waals surface area contributed by atoms with Crippen LogP contribution >= 0.6 is 0 Å². The molecule has 0 radical (unpaired) electrons. The summed E-state index contributed by atoms with van der Waals surface area (Å²) in [6, 6.07) is 0. The van der Waals surface area contributed by atoms with Crippen LogP contribution in [0.15, 0.2) is 12.2 Å². The first-order valence-corrected chi connectivity index (χ1v) is 5.63. The second-order valence-corrected chi connectivity index (χ2v) is 4.67. The average molecular weight is 210 g/mol. The molecule has 84 valence electrons. The van der Waals surface area contributed by atoms with Gasteiger partial charge in [0.2, 0.25) is 0 Å². The van der Waals surface area contributed by atoms with E-state index in [0.29, 0.717) is 0 Å². The van der Waals surface area contributed by atoms with Crippen LogP contribution in [0.3, 0.4) is 0 Å². The first-order valence-electron chi connectivity index (χ1n) is 5.63. The predicted octanol–water partition coefficient (Wildman–Crippen LogP) is 1.66. The van der Waals surface area contributed by atoms with E-state index in [2.05, 4.69) is 6.08 Å². The van der Waals surface area contributed by atoms with Crippen molar-refractivity contribution in [3.63, 3.8) is 0 Å². The van der Waals surface area contributed by atoms with Gasteiger partial charge in [-0.15, -0.1) is 0 Å². The number of aliphatic hydroxyl groups excluding tert-OH is 1. The molecule has 0 heterocycles. The van der Waals surface area contributed by atoms with Gasteiger partial charge in [-0.3, -0.25) is 4.79 Å². The van der Waals surface area contributed by atoms with Crippen molar-refractivity contribution in [1.82, 2.24) is 0 Å².